The number of amides is 1. The van der Waals surface area contributed by atoms with Gasteiger partial charge in [-0.15, -0.1) is 0 Å². The Morgan fingerprint density at radius 2 is 1.85 bits per heavy atom. The fourth-order valence-electron chi connectivity index (χ4n) is 3.58. The van der Waals surface area contributed by atoms with E-state index in [1.165, 1.54) is 18.9 Å². The fraction of sp³-hybridized carbons (Fsp3) is 0.450. The molecule has 2 aromatic rings. The summed E-state index contributed by atoms with van der Waals surface area (Å²) < 4.78 is 28.5. The van der Waals surface area contributed by atoms with Crippen LogP contribution in [-0.2, 0) is 7.05 Å². The van der Waals surface area contributed by atoms with Crippen molar-refractivity contribution in [2.75, 3.05) is 19.6 Å². The molecule has 140 valence electrons. The number of hydrogen-bond acceptors (Lipinski definition) is 2. The average Bonchev–Trinajstić information content (AvgIpc) is 2.88. The Bertz CT molecular complexity index is 751. The molecule has 1 aromatic heterocycles. The highest BCUT2D eigenvalue weighted by Crippen LogP contribution is 2.24. The summed E-state index contributed by atoms with van der Waals surface area (Å²) in [5.41, 5.74) is 1.27. The number of benzene rings is 1. The molecule has 1 unspecified atom stereocenters. The van der Waals surface area contributed by atoms with E-state index >= 15 is 0 Å². The van der Waals surface area contributed by atoms with Gasteiger partial charge in [0.25, 0.3) is 5.91 Å². The number of carbonyl (C=O) groups excluding carboxylic acids is 1. The van der Waals surface area contributed by atoms with Crippen molar-refractivity contribution in [2.45, 2.75) is 31.7 Å². The first-order valence-corrected chi connectivity index (χ1v) is 9.15. The van der Waals surface area contributed by atoms with Gasteiger partial charge in [-0.25, -0.2) is 8.78 Å². The van der Waals surface area contributed by atoms with Gasteiger partial charge in [0.1, 0.15) is 0 Å². The van der Waals surface area contributed by atoms with Crippen molar-refractivity contribution < 1.29 is 13.6 Å². The van der Waals surface area contributed by atoms with Crippen LogP contribution in [0.3, 0.4) is 0 Å². The Kier molecular flexibility index (Phi) is 6.04. The van der Waals surface area contributed by atoms with Crippen molar-refractivity contribution in [2.24, 2.45) is 7.05 Å². The van der Waals surface area contributed by atoms with E-state index in [1.54, 1.807) is 0 Å². The lowest BCUT2D eigenvalue weighted by Gasteiger charge is -2.31. The van der Waals surface area contributed by atoms with E-state index in [9.17, 15) is 13.6 Å². The molecule has 1 amide bonds. The van der Waals surface area contributed by atoms with Crippen LogP contribution in [0.15, 0.2) is 36.5 Å². The molecule has 0 saturated carbocycles. The standard InChI is InChI=1S/C20H25F2N3O/c1-24-10-6-7-18(24)19(25-11-4-2-3-5-12-25)14-23-20(26)15-8-9-16(21)17(22)13-15/h6-10,13,19H,2-5,11-12,14H2,1H3,(H,23,26). The van der Waals surface area contributed by atoms with Crippen LogP contribution >= 0.6 is 0 Å². The van der Waals surface area contributed by atoms with Crippen LogP contribution in [0.4, 0.5) is 8.78 Å². The van der Waals surface area contributed by atoms with E-state index in [2.05, 4.69) is 20.9 Å². The van der Waals surface area contributed by atoms with Gasteiger partial charge in [-0.2, -0.15) is 0 Å². The van der Waals surface area contributed by atoms with Gasteiger partial charge in [-0.1, -0.05) is 12.8 Å². The van der Waals surface area contributed by atoms with Crippen molar-refractivity contribution in [1.29, 1.82) is 0 Å². The predicted molar refractivity (Wildman–Crippen MR) is 96.9 cm³/mol. The number of nitrogens with zero attached hydrogens (tertiary/aromatic N) is 2. The topological polar surface area (TPSA) is 37.3 Å². The average molecular weight is 361 g/mol. The van der Waals surface area contributed by atoms with E-state index in [1.807, 2.05) is 19.3 Å². The molecule has 1 atom stereocenters. The maximum atomic E-state index is 13.4. The molecule has 1 aliphatic rings. The second-order valence-electron chi connectivity index (χ2n) is 6.85. The number of rotatable bonds is 5. The highest BCUT2D eigenvalue weighted by molar-refractivity contribution is 5.94. The third kappa shape index (κ3) is 4.30. The van der Waals surface area contributed by atoms with Gasteiger partial charge in [0, 0.05) is 31.0 Å². The van der Waals surface area contributed by atoms with Crippen molar-refractivity contribution in [3.63, 3.8) is 0 Å². The van der Waals surface area contributed by atoms with Crippen LogP contribution in [0.5, 0.6) is 0 Å². The van der Waals surface area contributed by atoms with Gasteiger partial charge in [-0.3, -0.25) is 9.69 Å². The molecule has 0 radical (unpaired) electrons. The molecule has 6 heteroatoms. The Balaban J connectivity index is 1.74. The van der Waals surface area contributed by atoms with Crippen LogP contribution in [0.1, 0.15) is 47.8 Å². The number of hydrogen-bond donors (Lipinski definition) is 1. The second kappa shape index (κ2) is 8.45. The van der Waals surface area contributed by atoms with Crippen LogP contribution in [0.25, 0.3) is 0 Å². The predicted octanol–water partition coefficient (Wildman–Crippen LogP) is 3.65. The van der Waals surface area contributed by atoms with Gasteiger partial charge in [0.2, 0.25) is 0 Å². The summed E-state index contributed by atoms with van der Waals surface area (Å²) in [6, 6.07) is 7.35. The van der Waals surface area contributed by atoms with Crippen molar-refractivity contribution >= 4 is 5.91 Å². The van der Waals surface area contributed by atoms with Crippen molar-refractivity contribution in [1.82, 2.24) is 14.8 Å². The summed E-state index contributed by atoms with van der Waals surface area (Å²) in [4.78, 5) is 14.8. The summed E-state index contributed by atoms with van der Waals surface area (Å²) in [5.74, 6) is -2.35. The monoisotopic (exact) mass is 361 g/mol. The molecular weight excluding hydrogens is 336 g/mol. The number of aromatic nitrogens is 1. The summed E-state index contributed by atoms with van der Waals surface area (Å²) in [7, 11) is 2.00. The number of nitrogens with one attached hydrogen (secondary N) is 1. The zero-order valence-corrected chi connectivity index (χ0v) is 15.0. The lowest BCUT2D eigenvalue weighted by Crippen LogP contribution is -2.39. The quantitative estimate of drug-likeness (QED) is 0.883. The smallest absolute Gasteiger partial charge is 0.251 e. The lowest BCUT2D eigenvalue weighted by molar-refractivity contribution is 0.0931. The van der Waals surface area contributed by atoms with Gasteiger partial charge >= 0.3 is 0 Å². The minimum Gasteiger partial charge on any atom is -0.353 e. The highest BCUT2D eigenvalue weighted by Gasteiger charge is 2.24. The number of halogens is 2. The minimum absolute atomic E-state index is 0.0577. The fourth-order valence-corrected chi connectivity index (χ4v) is 3.58. The molecule has 1 fully saturated rings. The molecule has 0 spiro atoms. The van der Waals surface area contributed by atoms with Gasteiger partial charge in [0.05, 0.1) is 6.04 Å². The summed E-state index contributed by atoms with van der Waals surface area (Å²) >= 11 is 0. The van der Waals surface area contributed by atoms with E-state index in [0.29, 0.717) is 6.54 Å². The normalized spacial score (nSPS) is 16.9. The number of aryl methyl sites for hydroxylation is 1. The van der Waals surface area contributed by atoms with Crippen molar-refractivity contribution in [3.05, 3.63) is 59.4 Å². The highest BCUT2D eigenvalue weighted by atomic mass is 19.2. The molecule has 2 heterocycles. The Hall–Kier alpha value is -2.21. The summed E-state index contributed by atoms with van der Waals surface area (Å²) in [5, 5.41) is 2.90. The van der Waals surface area contributed by atoms with Crippen LogP contribution in [-0.4, -0.2) is 35.0 Å². The molecule has 1 aromatic carbocycles. The van der Waals surface area contributed by atoms with Crippen LogP contribution < -0.4 is 5.32 Å². The molecule has 3 rings (SSSR count). The molecule has 1 saturated heterocycles. The van der Waals surface area contributed by atoms with Gasteiger partial charge in [0.15, 0.2) is 11.6 Å². The molecule has 0 aliphatic carbocycles. The van der Waals surface area contributed by atoms with E-state index in [-0.39, 0.29) is 11.6 Å². The lowest BCUT2D eigenvalue weighted by atomic mass is 10.1. The Labute approximate surface area is 152 Å². The Morgan fingerprint density at radius 1 is 1.12 bits per heavy atom. The molecule has 4 nitrogen and oxygen atoms in total. The van der Waals surface area contributed by atoms with E-state index < -0.39 is 17.5 Å². The van der Waals surface area contributed by atoms with Gasteiger partial charge in [-0.05, 0) is 56.3 Å². The first-order chi connectivity index (χ1) is 12.6. The SMILES string of the molecule is Cn1cccc1C(CNC(=O)c1ccc(F)c(F)c1)N1CCCCCC1. The maximum Gasteiger partial charge on any atom is 0.251 e. The zero-order chi connectivity index (χ0) is 18.5. The van der Waals surface area contributed by atoms with E-state index in [0.717, 1.165) is 43.8 Å². The molecule has 1 N–H and O–H groups in total. The second-order valence-corrected chi connectivity index (χ2v) is 6.85. The Morgan fingerprint density at radius 3 is 2.46 bits per heavy atom. The van der Waals surface area contributed by atoms with Crippen LogP contribution in [0, 0.1) is 11.6 Å². The third-order valence-electron chi connectivity index (χ3n) is 5.04. The molecule has 26 heavy (non-hydrogen) atoms. The zero-order valence-electron chi connectivity index (χ0n) is 15.0. The van der Waals surface area contributed by atoms with Crippen LogP contribution in [0.2, 0.25) is 0 Å². The minimum atomic E-state index is -1.01. The first-order valence-electron chi connectivity index (χ1n) is 9.15. The van der Waals surface area contributed by atoms with E-state index in [4.69, 9.17) is 0 Å². The number of carbonyl (C=O) groups is 1. The third-order valence-corrected chi connectivity index (χ3v) is 5.04. The maximum absolute atomic E-state index is 13.4. The number of likely N-dealkylation sites (tertiary alicyclic amines) is 1. The molecule has 0 bridgehead atoms. The van der Waals surface area contributed by atoms with Crippen molar-refractivity contribution in [3.8, 4) is 0 Å². The summed E-state index contributed by atoms with van der Waals surface area (Å²) in [6.45, 7) is 2.42. The largest absolute Gasteiger partial charge is 0.353 e. The summed E-state index contributed by atoms with van der Waals surface area (Å²) in [6.07, 6.45) is 6.77. The van der Waals surface area contributed by atoms with Gasteiger partial charge < -0.3 is 9.88 Å². The first kappa shape index (κ1) is 18.6. The molecule has 1 aliphatic heterocycles. The molecular formula is C20H25F2N3O.